The van der Waals surface area contributed by atoms with Crippen LogP contribution in [0.2, 0.25) is 0 Å². The summed E-state index contributed by atoms with van der Waals surface area (Å²) >= 11 is 5.63. The third kappa shape index (κ3) is 3.02. The van der Waals surface area contributed by atoms with Gasteiger partial charge in [-0.25, -0.2) is 0 Å². The SMILES string of the molecule is C[C@H]1CSC2=C1c1c(c3c4ccsc4c4c(c3c3c5ccsc5c5oc6ccccc6c5c13)C1C=CC=CC1O4)C1c3ccccc3OC21. The molecule has 234 valence electrons. The fourth-order valence-electron chi connectivity index (χ4n) is 9.96. The van der Waals surface area contributed by atoms with Gasteiger partial charge in [-0.05, 0) is 74.5 Å². The van der Waals surface area contributed by atoms with Gasteiger partial charge >= 0.3 is 0 Å². The van der Waals surface area contributed by atoms with Crippen LogP contribution in [0.15, 0.2) is 105 Å². The van der Waals surface area contributed by atoms with Crippen LogP contribution >= 0.6 is 34.4 Å². The minimum absolute atomic E-state index is 0.0118. The highest BCUT2D eigenvalue weighted by atomic mass is 32.2. The number of furan rings is 1. The van der Waals surface area contributed by atoms with Gasteiger partial charge in [-0.1, -0.05) is 61.5 Å². The Kier molecular flexibility index (Phi) is 4.84. The van der Waals surface area contributed by atoms with Gasteiger partial charge in [0.05, 0.1) is 15.3 Å². The van der Waals surface area contributed by atoms with Gasteiger partial charge in [-0.2, -0.15) is 0 Å². The van der Waals surface area contributed by atoms with Crippen molar-refractivity contribution in [3.8, 4) is 11.5 Å². The lowest BCUT2D eigenvalue weighted by molar-refractivity contribution is 0.263. The van der Waals surface area contributed by atoms with Crippen molar-refractivity contribution in [1.82, 2.24) is 0 Å². The van der Waals surface area contributed by atoms with E-state index >= 15 is 0 Å². The number of thiophene rings is 2. The highest BCUT2D eigenvalue weighted by Crippen LogP contribution is 2.65. The van der Waals surface area contributed by atoms with Crippen LogP contribution in [0.4, 0.5) is 0 Å². The number of para-hydroxylation sites is 2. The molecule has 0 saturated carbocycles. The molecule has 49 heavy (non-hydrogen) atoms. The normalized spacial score (nSPS) is 24.6. The van der Waals surface area contributed by atoms with Crippen LogP contribution in [0.3, 0.4) is 0 Å². The molecular weight excluding hydrogens is 661 g/mol. The maximum atomic E-state index is 7.03. The van der Waals surface area contributed by atoms with Crippen LogP contribution in [0.5, 0.6) is 11.5 Å². The molecule has 3 nitrogen and oxygen atoms in total. The Balaban J connectivity index is 1.39. The maximum absolute atomic E-state index is 7.03. The van der Waals surface area contributed by atoms with Gasteiger partial charge in [0, 0.05) is 60.0 Å². The summed E-state index contributed by atoms with van der Waals surface area (Å²) in [4.78, 5) is 1.42. The van der Waals surface area contributed by atoms with E-state index in [1.165, 1.54) is 85.2 Å². The number of fused-ring (bicyclic) bond motifs is 26. The van der Waals surface area contributed by atoms with E-state index in [0.29, 0.717) is 5.92 Å². The molecule has 2 aliphatic carbocycles. The predicted octanol–water partition coefficient (Wildman–Crippen LogP) is 12.3. The average Bonchev–Trinajstić information content (AvgIpc) is 3.97. The van der Waals surface area contributed by atoms with Crippen molar-refractivity contribution in [3.05, 3.63) is 123 Å². The summed E-state index contributed by atoms with van der Waals surface area (Å²) in [6, 6.07) is 22.1. The zero-order valence-corrected chi connectivity index (χ0v) is 28.7. The molecule has 0 bridgehead atoms. The zero-order valence-electron chi connectivity index (χ0n) is 26.3. The van der Waals surface area contributed by atoms with Crippen LogP contribution in [-0.2, 0) is 0 Å². The van der Waals surface area contributed by atoms with Gasteiger partial charge in [0.2, 0.25) is 0 Å². The lowest BCUT2D eigenvalue weighted by Gasteiger charge is -2.34. The van der Waals surface area contributed by atoms with Crippen LogP contribution < -0.4 is 9.47 Å². The topological polar surface area (TPSA) is 31.6 Å². The molecule has 13 rings (SSSR count). The Labute approximate surface area is 293 Å². The summed E-state index contributed by atoms with van der Waals surface area (Å²) in [7, 11) is 0. The van der Waals surface area contributed by atoms with Crippen molar-refractivity contribution in [3.63, 3.8) is 0 Å². The van der Waals surface area contributed by atoms with E-state index in [0.717, 1.165) is 28.4 Å². The molecule has 5 aromatic carbocycles. The molecule has 0 radical (unpaired) electrons. The van der Waals surface area contributed by atoms with Crippen molar-refractivity contribution in [2.24, 2.45) is 5.92 Å². The van der Waals surface area contributed by atoms with Gasteiger partial charge in [-0.15, -0.1) is 34.4 Å². The summed E-state index contributed by atoms with van der Waals surface area (Å²) in [5, 5.41) is 15.0. The summed E-state index contributed by atoms with van der Waals surface area (Å²) in [6.07, 6.45) is 8.92. The van der Waals surface area contributed by atoms with Crippen molar-refractivity contribution in [2.75, 3.05) is 5.75 Å². The summed E-state index contributed by atoms with van der Waals surface area (Å²) in [5.41, 5.74) is 8.90. The molecular formula is C43H26O3S3. The minimum Gasteiger partial charge on any atom is -0.484 e. The predicted molar refractivity (Wildman–Crippen MR) is 206 cm³/mol. The van der Waals surface area contributed by atoms with E-state index in [4.69, 9.17) is 13.9 Å². The summed E-state index contributed by atoms with van der Waals surface area (Å²) in [6.45, 7) is 2.42. The summed E-state index contributed by atoms with van der Waals surface area (Å²) in [5.74, 6) is 3.76. The molecule has 8 aromatic rings. The van der Waals surface area contributed by atoms with Crippen LogP contribution in [-0.4, -0.2) is 18.0 Å². The van der Waals surface area contributed by atoms with Crippen molar-refractivity contribution in [1.29, 1.82) is 0 Å². The molecule has 5 aliphatic rings. The molecule has 6 heterocycles. The second-order valence-corrected chi connectivity index (χ2v) is 17.0. The minimum atomic E-state index is -0.0274. The van der Waals surface area contributed by atoms with E-state index in [1.54, 1.807) is 11.3 Å². The summed E-state index contributed by atoms with van der Waals surface area (Å²) < 4.78 is 23.3. The Bertz CT molecular complexity index is 2950. The Morgan fingerprint density at radius 1 is 0.714 bits per heavy atom. The molecule has 0 fully saturated rings. The number of benzene rings is 5. The van der Waals surface area contributed by atoms with Gasteiger partial charge in [0.1, 0.15) is 29.3 Å². The fraction of sp³-hybridized carbons (Fsp3) is 0.163. The molecule has 0 amide bonds. The van der Waals surface area contributed by atoms with Gasteiger partial charge in [0.15, 0.2) is 5.58 Å². The van der Waals surface area contributed by atoms with Gasteiger partial charge < -0.3 is 13.9 Å². The first-order valence-electron chi connectivity index (χ1n) is 17.1. The molecule has 5 atom stereocenters. The number of rotatable bonds is 0. The van der Waals surface area contributed by atoms with Crippen LogP contribution in [0.25, 0.3) is 69.2 Å². The van der Waals surface area contributed by atoms with Crippen LogP contribution in [0.1, 0.15) is 41.0 Å². The van der Waals surface area contributed by atoms with Crippen LogP contribution in [0, 0.1) is 5.92 Å². The van der Waals surface area contributed by atoms with E-state index in [-0.39, 0.29) is 24.0 Å². The van der Waals surface area contributed by atoms with Gasteiger partial charge in [0.25, 0.3) is 0 Å². The van der Waals surface area contributed by atoms with E-state index < -0.39 is 0 Å². The monoisotopic (exact) mass is 686 g/mol. The third-order valence-corrected chi connectivity index (χ3v) is 15.0. The number of hydrogen-bond acceptors (Lipinski definition) is 6. The Morgan fingerprint density at radius 3 is 2.47 bits per heavy atom. The quantitative estimate of drug-likeness (QED) is 0.149. The lowest BCUT2D eigenvalue weighted by Crippen LogP contribution is -2.27. The van der Waals surface area contributed by atoms with Gasteiger partial charge in [-0.3, -0.25) is 0 Å². The highest BCUT2D eigenvalue weighted by Gasteiger charge is 2.50. The largest absolute Gasteiger partial charge is 0.484 e. The smallest absolute Gasteiger partial charge is 0.153 e. The first kappa shape index (κ1) is 26.4. The lowest BCUT2D eigenvalue weighted by atomic mass is 9.70. The zero-order chi connectivity index (χ0) is 31.7. The average molecular weight is 687 g/mol. The van der Waals surface area contributed by atoms with E-state index in [1.807, 2.05) is 23.1 Å². The van der Waals surface area contributed by atoms with Crippen molar-refractivity contribution < 1.29 is 13.9 Å². The van der Waals surface area contributed by atoms with E-state index in [9.17, 15) is 0 Å². The third-order valence-electron chi connectivity index (χ3n) is 11.7. The second kappa shape index (κ2) is 8.99. The maximum Gasteiger partial charge on any atom is 0.153 e. The standard InChI is InChI=1S/C43H26O3S3/c1-19-18-49-43-28(19)34-36-29(23-14-17-48-42(23)39-32(36)21-9-3-6-12-26(21)45-39)35-30(37(34)33-22-10-4-7-13-27(22)46-40(33)43)24-15-16-47-41(24)38-31(35)20-8-2-5-11-25(20)44-38/h2-17,19-20,25,33,40H,18H2,1H3/t19-,20?,25?,33?,40?/m0/s1. The molecule has 3 aromatic heterocycles. The Hall–Kier alpha value is -4.49. The first-order valence-corrected chi connectivity index (χ1v) is 19.8. The molecule has 4 unspecified atom stereocenters. The van der Waals surface area contributed by atoms with Crippen molar-refractivity contribution >= 4 is 104 Å². The first-order chi connectivity index (χ1) is 24.3. The number of ether oxygens (including phenoxy) is 2. The van der Waals surface area contributed by atoms with Crippen molar-refractivity contribution in [2.45, 2.75) is 31.0 Å². The van der Waals surface area contributed by atoms with E-state index in [2.05, 4.69) is 103 Å². The Morgan fingerprint density at radius 2 is 1.53 bits per heavy atom. The number of allylic oxidation sites excluding steroid dienone is 3. The second-order valence-electron chi connectivity index (χ2n) is 14.1. The molecule has 0 N–H and O–H groups in total. The molecule has 0 spiro atoms. The molecule has 6 heteroatoms. The fourth-order valence-corrected chi connectivity index (χ4v) is 13.2. The molecule has 3 aliphatic heterocycles. The highest BCUT2D eigenvalue weighted by molar-refractivity contribution is 8.03. The number of thioether (sulfide) groups is 1. The number of hydrogen-bond donors (Lipinski definition) is 0. The molecule has 0 saturated heterocycles.